The van der Waals surface area contributed by atoms with Crippen LogP contribution in [0.25, 0.3) is 0 Å². The molecule has 1 heterocycles. The molecule has 2 fully saturated rings. The maximum absolute atomic E-state index is 12.0. The Balaban J connectivity index is 1.36. The molecule has 1 aliphatic heterocycles. The van der Waals surface area contributed by atoms with Gasteiger partial charge < -0.3 is 20.4 Å². The zero-order valence-corrected chi connectivity index (χ0v) is 19.9. The first-order valence-corrected chi connectivity index (χ1v) is 12.0. The first-order chi connectivity index (χ1) is 15.0. The van der Waals surface area contributed by atoms with Gasteiger partial charge in [-0.2, -0.15) is 0 Å². The molecule has 1 saturated carbocycles. The minimum atomic E-state index is 0.120. The quantitative estimate of drug-likeness (QED) is 0.420. The van der Waals surface area contributed by atoms with Gasteiger partial charge in [-0.25, -0.2) is 0 Å². The first-order valence-electron chi connectivity index (χ1n) is 11.2. The lowest BCUT2D eigenvalue weighted by atomic mass is 9.83. The SMILES string of the molecule is COCCCC(=O)NC1CCC(C(=N)CN2CCN(c3ccc(Cl)cc3Cl)CC2)CC1. The highest BCUT2D eigenvalue weighted by Crippen LogP contribution is 2.30. The van der Waals surface area contributed by atoms with Gasteiger partial charge >= 0.3 is 0 Å². The predicted molar refractivity (Wildman–Crippen MR) is 128 cm³/mol. The van der Waals surface area contributed by atoms with E-state index in [9.17, 15) is 4.79 Å². The molecular weight excluding hydrogens is 435 g/mol. The zero-order chi connectivity index (χ0) is 22.2. The van der Waals surface area contributed by atoms with Crippen molar-refractivity contribution in [1.29, 1.82) is 5.41 Å². The van der Waals surface area contributed by atoms with Crippen LogP contribution >= 0.6 is 23.2 Å². The molecule has 1 saturated heterocycles. The Kier molecular flexibility index (Phi) is 9.45. The number of rotatable bonds is 9. The number of benzene rings is 1. The highest BCUT2D eigenvalue weighted by atomic mass is 35.5. The molecule has 0 atom stereocenters. The van der Waals surface area contributed by atoms with Gasteiger partial charge in [-0.05, 0) is 56.2 Å². The van der Waals surface area contributed by atoms with Crippen molar-refractivity contribution < 1.29 is 9.53 Å². The summed E-state index contributed by atoms with van der Waals surface area (Å²) in [5.74, 6) is 0.458. The van der Waals surface area contributed by atoms with Crippen molar-refractivity contribution in [2.24, 2.45) is 5.92 Å². The van der Waals surface area contributed by atoms with Crippen LogP contribution in [0.1, 0.15) is 38.5 Å². The second-order valence-corrected chi connectivity index (χ2v) is 9.44. The fourth-order valence-corrected chi connectivity index (χ4v) is 5.05. The lowest BCUT2D eigenvalue weighted by Gasteiger charge is -2.38. The number of anilines is 1. The summed E-state index contributed by atoms with van der Waals surface area (Å²) < 4.78 is 5.00. The number of carbonyl (C=O) groups excluding carboxylic acids is 1. The Morgan fingerprint density at radius 1 is 1.16 bits per heavy atom. The summed E-state index contributed by atoms with van der Waals surface area (Å²) in [6.45, 7) is 5.01. The van der Waals surface area contributed by atoms with Gasteiger partial charge in [-0.1, -0.05) is 23.2 Å². The van der Waals surface area contributed by atoms with E-state index in [0.717, 1.165) is 76.2 Å². The van der Waals surface area contributed by atoms with Gasteiger partial charge in [0, 0.05) is 69.6 Å². The standard InChI is InChI=1S/C23H34Cl2N4O2/c1-31-14-2-3-23(30)27-19-7-4-17(5-8-19)21(26)16-28-10-12-29(13-11-28)22-9-6-18(24)15-20(22)25/h6,9,15,17,19,26H,2-5,7-8,10-14,16H2,1H3,(H,27,30). The van der Waals surface area contributed by atoms with Crippen LogP contribution in [0.2, 0.25) is 10.0 Å². The number of nitrogens with one attached hydrogen (secondary N) is 2. The van der Waals surface area contributed by atoms with Crippen LogP contribution in [-0.2, 0) is 9.53 Å². The van der Waals surface area contributed by atoms with Gasteiger partial charge in [0.15, 0.2) is 0 Å². The highest BCUT2D eigenvalue weighted by molar-refractivity contribution is 6.36. The Morgan fingerprint density at radius 3 is 2.52 bits per heavy atom. The summed E-state index contributed by atoms with van der Waals surface area (Å²) in [6, 6.07) is 5.91. The van der Waals surface area contributed by atoms with Crippen molar-refractivity contribution in [2.45, 2.75) is 44.6 Å². The van der Waals surface area contributed by atoms with Crippen molar-refractivity contribution in [3.05, 3.63) is 28.2 Å². The fourth-order valence-electron chi connectivity index (χ4n) is 4.52. The summed E-state index contributed by atoms with van der Waals surface area (Å²) in [6.07, 6.45) is 5.19. The summed E-state index contributed by atoms with van der Waals surface area (Å²) in [5.41, 5.74) is 1.87. The highest BCUT2D eigenvalue weighted by Gasteiger charge is 2.27. The number of piperazine rings is 1. The lowest BCUT2D eigenvalue weighted by molar-refractivity contribution is -0.122. The smallest absolute Gasteiger partial charge is 0.220 e. The van der Waals surface area contributed by atoms with Crippen molar-refractivity contribution >= 4 is 40.5 Å². The average molecular weight is 469 g/mol. The number of hydrogen-bond acceptors (Lipinski definition) is 5. The lowest BCUT2D eigenvalue weighted by Crippen LogP contribution is -2.49. The minimum absolute atomic E-state index is 0.120. The number of methoxy groups -OCH3 is 1. The summed E-state index contributed by atoms with van der Waals surface area (Å²) >= 11 is 12.4. The zero-order valence-electron chi connectivity index (χ0n) is 18.3. The van der Waals surface area contributed by atoms with E-state index in [1.807, 2.05) is 12.1 Å². The van der Waals surface area contributed by atoms with Crippen molar-refractivity contribution in [3.8, 4) is 0 Å². The second-order valence-electron chi connectivity index (χ2n) is 8.60. The maximum atomic E-state index is 12.0. The normalized spacial score (nSPS) is 22.4. The minimum Gasteiger partial charge on any atom is -0.385 e. The Labute approximate surface area is 195 Å². The average Bonchev–Trinajstić information content (AvgIpc) is 2.75. The van der Waals surface area contributed by atoms with E-state index >= 15 is 0 Å². The molecule has 0 aromatic heterocycles. The third-order valence-corrected chi connectivity index (χ3v) is 6.89. The Bertz CT molecular complexity index is 745. The molecule has 172 valence electrons. The number of hydrogen-bond donors (Lipinski definition) is 2. The van der Waals surface area contributed by atoms with E-state index in [1.165, 1.54) is 0 Å². The van der Waals surface area contributed by atoms with Crippen LogP contribution in [0.15, 0.2) is 18.2 Å². The monoisotopic (exact) mass is 468 g/mol. The molecule has 6 nitrogen and oxygen atoms in total. The number of halogens is 2. The molecule has 8 heteroatoms. The molecule has 3 rings (SSSR count). The number of nitrogens with zero attached hydrogens (tertiary/aromatic N) is 2. The van der Waals surface area contributed by atoms with Gasteiger partial charge in [-0.3, -0.25) is 9.69 Å². The number of ether oxygens (including phenoxy) is 1. The number of amides is 1. The Hall–Kier alpha value is -1.34. The largest absolute Gasteiger partial charge is 0.385 e. The summed E-state index contributed by atoms with van der Waals surface area (Å²) in [5, 5.41) is 13.1. The summed E-state index contributed by atoms with van der Waals surface area (Å²) in [4.78, 5) is 16.7. The molecule has 0 bridgehead atoms. The topological polar surface area (TPSA) is 68.7 Å². The Morgan fingerprint density at radius 2 is 1.87 bits per heavy atom. The molecule has 2 N–H and O–H groups in total. The van der Waals surface area contributed by atoms with E-state index in [1.54, 1.807) is 13.2 Å². The van der Waals surface area contributed by atoms with E-state index in [-0.39, 0.29) is 11.9 Å². The van der Waals surface area contributed by atoms with E-state index in [4.69, 9.17) is 33.3 Å². The molecule has 31 heavy (non-hydrogen) atoms. The van der Waals surface area contributed by atoms with Crippen molar-refractivity contribution in [3.63, 3.8) is 0 Å². The maximum Gasteiger partial charge on any atom is 0.220 e. The third kappa shape index (κ3) is 7.35. The molecule has 0 unspecified atom stereocenters. The molecule has 1 aromatic rings. The van der Waals surface area contributed by atoms with E-state index in [2.05, 4.69) is 15.1 Å². The van der Waals surface area contributed by atoms with Crippen LogP contribution in [-0.4, -0.2) is 69.0 Å². The molecule has 1 aliphatic carbocycles. The van der Waals surface area contributed by atoms with Crippen LogP contribution in [0.4, 0.5) is 5.69 Å². The molecule has 2 aliphatic rings. The molecule has 1 amide bonds. The van der Waals surface area contributed by atoms with Crippen LogP contribution in [0.5, 0.6) is 0 Å². The first kappa shape index (κ1) is 24.3. The van der Waals surface area contributed by atoms with Crippen LogP contribution in [0.3, 0.4) is 0 Å². The van der Waals surface area contributed by atoms with Crippen LogP contribution in [0, 0.1) is 11.3 Å². The van der Waals surface area contributed by atoms with Gasteiger partial charge in [0.05, 0.1) is 10.7 Å². The predicted octanol–water partition coefficient (Wildman–Crippen LogP) is 4.24. The summed E-state index contributed by atoms with van der Waals surface area (Å²) in [7, 11) is 1.66. The van der Waals surface area contributed by atoms with E-state index in [0.29, 0.717) is 29.0 Å². The van der Waals surface area contributed by atoms with Crippen LogP contribution < -0.4 is 10.2 Å². The van der Waals surface area contributed by atoms with Gasteiger partial charge in [-0.15, -0.1) is 0 Å². The third-order valence-electron chi connectivity index (χ3n) is 6.35. The molecule has 1 aromatic carbocycles. The second kappa shape index (κ2) is 12.0. The molecule has 0 radical (unpaired) electrons. The van der Waals surface area contributed by atoms with E-state index < -0.39 is 0 Å². The molecule has 0 spiro atoms. The van der Waals surface area contributed by atoms with Gasteiger partial charge in [0.25, 0.3) is 0 Å². The van der Waals surface area contributed by atoms with Gasteiger partial charge in [0.1, 0.15) is 0 Å². The number of carbonyl (C=O) groups is 1. The van der Waals surface area contributed by atoms with Crippen molar-refractivity contribution in [1.82, 2.24) is 10.2 Å². The fraction of sp³-hybridized carbons (Fsp3) is 0.652. The molecular formula is C23H34Cl2N4O2. The van der Waals surface area contributed by atoms with Gasteiger partial charge in [0.2, 0.25) is 5.91 Å². The van der Waals surface area contributed by atoms with Crippen molar-refractivity contribution in [2.75, 3.05) is 51.3 Å².